The zero-order chi connectivity index (χ0) is 65.6. The minimum absolute atomic E-state index is 0.395. The van der Waals surface area contributed by atoms with Crippen molar-refractivity contribution in [2.75, 3.05) is 0 Å². The summed E-state index contributed by atoms with van der Waals surface area (Å²) in [4.78, 5) is 18.3. The van der Waals surface area contributed by atoms with Crippen LogP contribution in [0, 0.1) is 66.9 Å². The van der Waals surface area contributed by atoms with E-state index < -0.39 is 0 Å². The molecule has 0 aliphatic rings. The van der Waals surface area contributed by atoms with Crippen molar-refractivity contribution in [3.63, 3.8) is 0 Å². The van der Waals surface area contributed by atoms with Crippen molar-refractivity contribution in [3.8, 4) is 119 Å². The molecular formula is C86H44N10. The van der Waals surface area contributed by atoms with Crippen molar-refractivity contribution in [3.05, 3.63) is 341 Å². The van der Waals surface area contributed by atoms with E-state index >= 15 is 0 Å². The first-order valence-electron chi connectivity index (χ1n) is 30.5. The van der Waals surface area contributed by atoms with E-state index in [1.54, 1.807) is 54.6 Å². The molecule has 10 heteroatoms. The number of nitriles is 3. The van der Waals surface area contributed by atoms with Gasteiger partial charge in [0.05, 0.1) is 73.1 Å². The van der Waals surface area contributed by atoms with Crippen LogP contribution >= 0.6 is 0 Å². The Balaban J connectivity index is 0.938. The zero-order valence-electron chi connectivity index (χ0n) is 50.9. The third kappa shape index (κ3) is 10.4. The van der Waals surface area contributed by atoms with Gasteiger partial charge in [0.1, 0.15) is 0 Å². The summed E-state index contributed by atoms with van der Waals surface area (Å²) in [6.07, 6.45) is 0. The first kappa shape index (κ1) is 57.8. The molecule has 0 fully saturated rings. The van der Waals surface area contributed by atoms with Crippen LogP contribution in [0.5, 0.6) is 0 Å². The van der Waals surface area contributed by atoms with Crippen LogP contribution in [0.4, 0.5) is 28.4 Å². The van der Waals surface area contributed by atoms with Crippen LogP contribution < -0.4 is 0 Å². The van der Waals surface area contributed by atoms with Crippen molar-refractivity contribution in [2.24, 2.45) is 0 Å². The predicted octanol–water partition coefficient (Wildman–Crippen LogP) is 23.6. The summed E-state index contributed by atoms with van der Waals surface area (Å²) in [6.45, 7) is 38.7. The van der Waals surface area contributed by atoms with Crippen LogP contribution in [0.2, 0.25) is 0 Å². The first-order valence-corrected chi connectivity index (χ1v) is 30.5. The Morgan fingerprint density at radius 3 is 0.875 bits per heavy atom. The fourth-order valence-corrected chi connectivity index (χ4v) is 13.2. The van der Waals surface area contributed by atoms with Crippen LogP contribution in [-0.2, 0) is 0 Å². The Bertz CT molecular complexity index is 5740. The summed E-state index contributed by atoms with van der Waals surface area (Å²) in [5, 5.41) is 33.8. The van der Waals surface area contributed by atoms with Gasteiger partial charge < -0.3 is 9.13 Å². The van der Waals surface area contributed by atoms with Crippen molar-refractivity contribution < 1.29 is 0 Å². The van der Waals surface area contributed by atoms with E-state index in [-0.39, 0.29) is 0 Å². The highest BCUT2D eigenvalue weighted by atomic mass is 15.0. The Morgan fingerprint density at radius 1 is 0.240 bits per heavy atom. The maximum atomic E-state index is 9.87. The number of benzene rings is 13. The van der Waals surface area contributed by atoms with Gasteiger partial charge in [0.15, 0.2) is 28.4 Å². The maximum absolute atomic E-state index is 9.87. The molecule has 0 bridgehead atoms. The van der Waals surface area contributed by atoms with E-state index in [1.807, 2.05) is 66.7 Å². The normalized spacial score (nSPS) is 10.8. The van der Waals surface area contributed by atoms with Crippen LogP contribution in [0.15, 0.2) is 267 Å². The van der Waals surface area contributed by atoms with Crippen molar-refractivity contribution >= 4 is 72.0 Å². The Kier molecular flexibility index (Phi) is 14.4. The quantitative estimate of drug-likeness (QED) is 0.127. The van der Waals surface area contributed by atoms with Gasteiger partial charge in [0.2, 0.25) is 0 Å². The van der Waals surface area contributed by atoms with Crippen molar-refractivity contribution in [1.82, 2.24) is 9.13 Å². The predicted molar refractivity (Wildman–Crippen MR) is 384 cm³/mol. The third-order valence-corrected chi connectivity index (χ3v) is 17.7. The third-order valence-electron chi connectivity index (χ3n) is 17.7. The minimum Gasteiger partial charge on any atom is -0.309 e. The molecule has 15 rings (SSSR count). The molecule has 0 saturated heterocycles. The molecule has 10 nitrogen and oxygen atoms in total. The van der Waals surface area contributed by atoms with E-state index in [4.69, 9.17) is 32.9 Å². The maximum Gasteiger partial charge on any atom is 0.189 e. The molecule has 0 radical (unpaired) electrons. The second-order valence-electron chi connectivity index (χ2n) is 23.3. The summed E-state index contributed by atoms with van der Waals surface area (Å²) in [7, 11) is 0. The number of hydrogen-bond donors (Lipinski definition) is 0. The van der Waals surface area contributed by atoms with Crippen molar-refractivity contribution in [2.45, 2.75) is 0 Å². The van der Waals surface area contributed by atoms with Crippen LogP contribution in [0.3, 0.4) is 0 Å². The molecule has 0 spiro atoms. The molecule has 0 N–H and O–H groups in total. The van der Waals surface area contributed by atoms with E-state index in [2.05, 4.69) is 197 Å². The number of aromatic nitrogens is 2. The number of rotatable bonds is 10. The molecule has 2 heterocycles. The summed E-state index contributed by atoms with van der Waals surface area (Å²) in [6, 6.07) is 95.3. The SMILES string of the molecule is [C-]#[N+]c1cc(C#N)cc(-c2ccc(-c3cc(-c4ccc(-c5cc(C#N)cc([N+]#[C-])c5)cc4)cc(-n4c5ccccc5c5c4ccc4c6ccccc6n(-c6cc(-c7ccc(-c8cc(C#N)cc([N+]#[C-])c8)cc7)cc(-c7ccc(-c8cc([N+]#[C-])cc([N+]#[C-])c8)cc7)c6)c45)c3)cc2)c1. The molecule has 0 unspecified atom stereocenters. The smallest absolute Gasteiger partial charge is 0.189 e. The fraction of sp³-hybridized carbons (Fsp3) is 0. The van der Waals surface area contributed by atoms with E-state index in [1.165, 1.54) is 0 Å². The van der Waals surface area contributed by atoms with Crippen LogP contribution in [0.25, 0.3) is 168 Å². The molecule has 0 atom stereocenters. The van der Waals surface area contributed by atoms with Gasteiger partial charge in [-0.05, 0) is 198 Å². The second kappa shape index (κ2) is 24.0. The van der Waals surface area contributed by atoms with E-state index in [0.717, 1.165) is 144 Å². The molecular weight excluding hydrogens is 1170 g/mol. The molecule has 0 aliphatic carbocycles. The fourth-order valence-electron chi connectivity index (χ4n) is 13.2. The Morgan fingerprint density at radius 2 is 0.531 bits per heavy atom. The van der Waals surface area contributed by atoms with Gasteiger partial charge in [-0.3, -0.25) is 0 Å². The number of fused-ring (bicyclic) bond motifs is 7. The van der Waals surface area contributed by atoms with Crippen LogP contribution in [-0.4, -0.2) is 9.13 Å². The van der Waals surface area contributed by atoms with Gasteiger partial charge in [-0.2, -0.15) is 15.8 Å². The molecule has 0 saturated carbocycles. The molecule has 96 heavy (non-hydrogen) atoms. The van der Waals surface area contributed by atoms with Gasteiger partial charge in [0, 0.05) is 49.6 Å². The topological polar surface area (TPSA) is 103 Å². The summed E-state index contributed by atoms with van der Waals surface area (Å²) >= 11 is 0. The molecule has 13 aromatic carbocycles. The van der Waals surface area contributed by atoms with Gasteiger partial charge >= 0.3 is 0 Å². The summed E-state index contributed by atoms with van der Waals surface area (Å²) in [5.41, 5.74) is 23.3. The van der Waals surface area contributed by atoms with Crippen molar-refractivity contribution in [1.29, 1.82) is 15.8 Å². The Hall–Kier alpha value is -14.6. The highest BCUT2D eigenvalue weighted by Gasteiger charge is 2.23. The van der Waals surface area contributed by atoms with E-state index in [9.17, 15) is 15.8 Å². The largest absolute Gasteiger partial charge is 0.309 e. The molecule has 0 amide bonds. The number of hydrogen-bond acceptors (Lipinski definition) is 3. The highest BCUT2D eigenvalue weighted by molar-refractivity contribution is 6.26. The molecule has 438 valence electrons. The van der Waals surface area contributed by atoms with Crippen LogP contribution in [0.1, 0.15) is 16.7 Å². The monoisotopic (exact) mass is 1220 g/mol. The number of para-hydroxylation sites is 2. The molecule has 0 aliphatic heterocycles. The molecule has 2 aromatic heterocycles. The standard InChI is InChI=1S/C86H44N10/c1-90-72-35-53(50-87)32-64(40-72)56-14-20-59(21-15-56)67-38-68(60-22-16-57(17-23-60)65-33-54(51-88)36-73(41-65)91-2)46-77(45-67)95-83-13-9-7-11-81(83)85-84(95)31-30-80-79-10-6-8-12-82(79)96(86(80)85)78-47-69(61-24-18-58(19-25-61)66-34-55(52-89)37-74(42-66)92-3)39-70(48-78)62-26-28-63(29-27-62)71-43-75(93-4)49-76(44-71)94-5/h6-49H. The average molecular weight is 1220 g/mol. The second-order valence-corrected chi connectivity index (χ2v) is 23.3. The lowest BCUT2D eigenvalue weighted by Gasteiger charge is -2.16. The highest BCUT2D eigenvalue weighted by Crippen LogP contribution is 2.45. The van der Waals surface area contributed by atoms with E-state index in [0.29, 0.717) is 45.1 Å². The first-order chi connectivity index (χ1) is 47.1. The lowest BCUT2D eigenvalue weighted by molar-refractivity contribution is 1.17. The zero-order valence-corrected chi connectivity index (χ0v) is 50.9. The molecule has 15 aromatic rings. The van der Waals surface area contributed by atoms with Gasteiger partial charge in [-0.15, -0.1) is 0 Å². The lowest BCUT2D eigenvalue weighted by atomic mass is 9.94. The average Bonchev–Trinajstić information content (AvgIpc) is 1.54. The van der Waals surface area contributed by atoms with Gasteiger partial charge in [0.25, 0.3) is 0 Å². The van der Waals surface area contributed by atoms with Gasteiger partial charge in [-0.1, -0.05) is 158 Å². The Labute approximate surface area is 553 Å². The summed E-state index contributed by atoms with van der Waals surface area (Å²) < 4.78 is 4.75. The number of nitrogens with zero attached hydrogens (tertiary/aromatic N) is 10. The van der Waals surface area contributed by atoms with Gasteiger partial charge in [-0.25, -0.2) is 24.2 Å². The summed E-state index contributed by atoms with van der Waals surface area (Å²) in [5.74, 6) is 0. The minimum atomic E-state index is 0.395. The lowest BCUT2D eigenvalue weighted by Crippen LogP contribution is -1.98.